The van der Waals surface area contributed by atoms with Crippen LogP contribution in [0.15, 0.2) is 156 Å². The Hall–Kier alpha value is -5.60. The molecule has 196 valence electrons. The molecule has 0 saturated heterocycles. The van der Waals surface area contributed by atoms with Gasteiger partial charge in [-0.25, -0.2) is 0 Å². The van der Waals surface area contributed by atoms with Crippen LogP contribution in [0.25, 0.3) is 82.5 Å². The highest BCUT2D eigenvalue weighted by Crippen LogP contribution is 2.43. The molecule has 7 aromatic carbocycles. The summed E-state index contributed by atoms with van der Waals surface area (Å²) in [6, 6.07) is 54.3. The summed E-state index contributed by atoms with van der Waals surface area (Å²) in [5.41, 5.74) is 10.2. The lowest BCUT2D eigenvalue weighted by molar-refractivity contribution is 0.669. The van der Waals surface area contributed by atoms with Gasteiger partial charge < -0.3 is 8.98 Å². The fourth-order valence-corrected chi connectivity index (χ4v) is 6.70. The Balaban J connectivity index is 1.44. The predicted molar refractivity (Wildman–Crippen MR) is 176 cm³/mol. The standard InChI is InChI=1S/C40H25NO/c1-3-11-26(12-4-1)29-23-30(27-13-5-2-6-14-27)25-31(24-29)41-34-17-9-7-15-32(34)39-35(41)21-19-28-20-22-37-40(38(28)39)33-16-8-10-18-36(33)42-37/h1-25H. The highest BCUT2D eigenvalue weighted by Gasteiger charge is 2.19. The van der Waals surface area contributed by atoms with Crippen molar-refractivity contribution in [3.63, 3.8) is 0 Å². The van der Waals surface area contributed by atoms with Crippen molar-refractivity contribution in [2.75, 3.05) is 0 Å². The summed E-state index contributed by atoms with van der Waals surface area (Å²) in [5, 5.41) is 7.29. The predicted octanol–water partition coefficient (Wildman–Crippen LogP) is 11.2. The third-order valence-electron chi connectivity index (χ3n) is 8.55. The van der Waals surface area contributed by atoms with Crippen LogP contribution in [0.5, 0.6) is 0 Å². The lowest BCUT2D eigenvalue weighted by Gasteiger charge is -2.14. The fourth-order valence-electron chi connectivity index (χ4n) is 6.70. The van der Waals surface area contributed by atoms with E-state index < -0.39 is 0 Å². The maximum absolute atomic E-state index is 6.34. The zero-order valence-electron chi connectivity index (χ0n) is 22.8. The van der Waals surface area contributed by atoms with E-state index in [-0.39, 0.29) is 0 Å². The Bertz CT molecular complexity index is 2390. The number of furan rings is 1. The minimum absolute atomic E-state index is 0.920. The van der Waals surface area contributed by atoms with E-state index in [1.807, 2.05) is 6.07 Å². The van der Waals surface area contributed by atoms with Crippen molar-refractivity contribution in [3.05, 3.63) is 152 Å². The first-order valence-electron chi connectivity index (χ1n) is 14.4. The average molecular weight is 536 g/mol. The van der Waals surface area contributed by atoms with Crippen molar-refractivity contribution in [1.82, 2.24) is 4.57 Å². The summed E-state index contributed by atoms with van der Waals surface area (Å²) in [4.78, 5) is 0. The van der Waals surface area contributed by atoms with Crippen LogP contribution in [-0.4, -0.2) is 4.57 Å². The molecule has 2 nitrogen and oxygen atoms in total. The van der Waals surface area contributed by atoms with E-state index in [9.17, 15) is 0 Å². The molecular weight excluding hydrogens is 510 g/mol. The lowest BCUT2D eigenvalue weighted by Crippen LogP contribution is -1.96. The van der Waals surface area contributed by atoms with Crippen molar-refractivity contribution in [2.45, 2.75) is 0 Å². The molecule has 0 aliphatic carbocycles. The summed E-state index contributed by atoms with van der Waals surface area (Å²) in [5.74, 6) is 0. The van der Waals surface area contributed by atoms with Crippen molar-refractivity contribution in [2.24, 2.45) is 0 Å². The number of benzene rings is 7. The normalized spacial score (nSPS) is 11.8. The summed E-state index contributed by atoms with van der Waals surface area (Å²) < 4.78 is 8.77. The average Bonchev–Trinajstić information content (AvgIpc) is 3.61. The zero-order valence-corrected chi connectivity index (χ0v) is 22.8. The molecule has 0 aliphatic rings. The number of aromatic nitrogens is 1. The van der Waals surface area contributed by atoms with E-state index in [1.54, 1.807) is 0 Å². The number of hydrogen-bond acceptors (Lipinski definition) is 1. The van der Waals surface area contributed by atoms with Gasteiger partial charge in [-0.05, 0) is 70.1 Å². The Morgan fingerprint density at radius 2 is 1.00 bits per heavy atom. The smallest absolute Gasteiger partial charge is 0.136 e. The highest BCUT2D eigenvalue weighted by atomic mass is 16.3. The van der Waals surface area contributed by atoms with Gasteiger partial charge in [0.25, 0.3) is 0 Å². The SMILES string of the molecule is c1ccc(-c2cc(-c3ccccc3)cc(-n3c4ccccc4c4c5c(ccc6oc7ccccc7c65)ccc43)c2)cc1. The second-order valence-electron chi connectivity index (χ2n) is 10.9. The lowest BCUT2D eigenvalue weighted by atomic mass is 9.97. The van der Waals surface area contributed by atoms with E-state index in [2.05, 4.69) is 150 Å². The third-order valence-corrected chi connectivity index (χ3v) is 8.55. The molecule has 2 heterocycles. The van der Waals surface area contributed by atoms with Gasteiger partial charge in [0.05, 0.1) is 11.0 Å². The van der Waals surface area contributed by atoms with Crippen LogP contribution in [0.3, 0.4) is 0 Å². The van der Waals surface area contributed by atoms with Gasteiger partial charge in [-0.15, -0.1) is 0 Å². The quantitative estimate of drug-likeness (QED) is 0.220. The Morgan fingerprint density at radius 1 is 0.381 bits per heavy atom. The largest absolute Gasteiger partial charge is 0.456 e. The fraction of sp³-hybridized carbons (Fsp3) is 0. The van der Waals surface area contributed by atoms with Crippen LogP contribution in [-0.2, 0) is 0 Å². The number of rotatable bonds is 3. The second-order valence-corrected chi connectivity index (χ2v) is 10.9. The van der Waals surface area contributed by atoms with Gasteiger partial charge in [-0.2, -0.15) is 0 Å². The zero-order chi connectivity index (χ0) is 27.6. The van der Waals surface area contributed by atoms with Crippen LogP contribution in [0.1, 0.15) is 0 Å². The van der Waals surface area contributed by atoms with Crippen LogP contribution >= 0.6 is 0 Å². The number of para-hydroxylation sites is 2. The Labute approximate surface area is 242 Å². The number of nitrogens with zero attached hydrogens (tertiary/aromatic N) is 1. The first-order valence-corrected chi connectivity index (χ1v) is 14.4. The van der Waals surface area contributed by atoms with E-state index in [1.165, 1.54) is 60.2 Å². The van der Waals surface area contributed by atoms with Gasteiger partial charge in [-0.3, -0.25) is 0 Å². The highest BCUT2D eigenvalue weighted by molar-refractivity contribution is 6.32. The molecule has 0 amide bonds. The molecule has 9 aromatic rings. The van der Waals surface area contributed by atoms with Crippen molar-refractivity contribution < 1.29 is 4.42 Å². The monoisotopic (exact) mass is 535 g/mol. The second kappa shape index (κ2) is 8.95. The maximum atomic E-state index is 6.34. The molecule has 9 rings (SSSR count). The summed E-state index contributed by atoms with van der Waals surface area (Å²) >= 11 is 0. The van der Waals surface area contributed by atoms with Crippen molar-refractivity contribution >= 4 is 54.5 Å². The van der Waals surface area contributed by atoms with Gasteiger partial charge in [0.1, 0.15) is 11.2 Å². The van der Waals surface area contributed by atoms with Crippen molar-refractivity contribution in [3.8, 4) is 27.9 Å². The molecule has 0 spiro atoms. The Kier molecular flexibility index (Phi) is 4.93. The molecule has 0 N–H and O–H groups in total. The molecular formula is C40H25NO. The first kappa shape index (κ1) is 23.1. The van der Waals surface area contributed by atoms with E-state index in [0.717, 1.165) is 22.2 Å². The summed E-state index contributed by atoms with van der Waals surface area (Å²) in [6.45, 7) is 0. The molecule has 2 heteroatoms. The summed E-state index contributed by atoms with van der Waals surface area (Å²) in [7, 11) is 0. The van der Waals surface area contributed by atoms with E-state index in [0.29, 0.717) is 0 Å². The first-order chi connectivity index (χ1) is 20.8. The third kappa shape index (κ3) is 3.39. The van der Waals surface area contributed by atoms with Crippen LogP contribution in [0, 0.1) is 0 Å². The van der Waals surface area contributed by atoms with Crippen LogP contribution < -0.4 is 0 Å². The molecule has 0 bridgehead atoms. The minimum Gasteiger partial charge on any atom is -0.456 e. The maximum Gasteiger partial charge on any atom is 0.136 e. The Morgan fingerprint density at radius 3 is 1.74 bits per heavy atom. The summed E-state index contributed by atoms with van der Waals surface area (Å²) in [6.07, 6.45) is 0. The molecule has 0 fully saturated rings. The van der Waals surface area contributed by atoms with E-state index in [4.69, 9.17) is 4.42 Å². The topological polar surface area (TPSA) is 18.1 Å². The van der Waals surface area contributed by atoms with Gasteiger partial charge in [0, 0.05) is 32.6 Å². The van der Waals surface area contributed by atoms with E-state index >= 15 is 0 Å². The van der Waals surface area contributed by atoms with Gasteiger partial charge in [0.15, 0.2) is 0 Å². The van der Waals surface area contributed by atoms with Gasteiger partial charge in [0.2, 0.25) is 0 Å². The van der Waals surface area contributed by atoms with Gasteiger partial charge >= 0.3 is 0 Å². The molecule has 2 aromatic heterocycles. The molecule has 0 saturated carbocycles. The molecule has 0 atom stereocenters. The molecule has 0 radical (unpaired) electrons. The minimum atomic E-state index is 0.920. The molecule has 42 heavy (non-hydrogen) atoms. The number of fused-ring (bicyclic) bond motifs is 9. The van der Waals surface area contributed by atoms with Crippen LogP contribution in [0.2, 0.25) is 0 Å². The van der Waals surface area contributed by atoms with Gasteiger partial charge in [-0.1, -0.05) is 109 Å². The molecule has 0 unspecified atom stereocenters. The number of hydrogen-bond donors (Lipinski definition) is 0. The van der Waals surface area contributed by atoms with Crippen molar-refractivity contribution in [1.29, 1.82) is 0 Å². The van der Waals surface area contributed by atoms with Crippen LogP contribution in [0.4, 0.5) is 0 Å². The molecule has 0 aliphatic heterocycles.